The van der Waals surface area contributed by atoms with Gasteiger partial charge in [0, 0.05) is 18.6 Å². The maximum Gasteiger partial charge on any atom is 0.262 e. The molecule has 3 N–H and O–H groups in total. The predicted octanol–water partition coefficient (Wildman–Crippen LogP) is 2.78. The molecule has 5 nitrogen and oxygen atoms in total. The van der Waals surface area contributed by atoms with Crippen LogP contribution in [-0.2, 0) is 4.79 Å². The van der Waals surface area contributed by atoms with Crippen molar-refractivity contribution in [1.82, 2.24) is 10.2 Å². The Bertz CT molecular complexity index is 553. The summed E-state index contributed by atoms with van der Waals surface area (Å²) in [6, 6.07) is 3.03. The van der Waals surface area contributed by atoms with Crippen LogP contribution in [0.2, 0.25) is 0 Å². The molecule has 0 aliphatic carbocycles. The van der Waals surface area contributed by atoms with E-state index < -0.39 is 6.04 Å². The first-order valence-corrected chi connectivity index (χ1v) is 9.13. The number of amides is 2. The van der Waals surface area contributed by atoms with Crippen LogP contribution >= 0.6 is 39.7 Å². The predicted molar refractivity (Wildman–Crippen MR) is 99.2 cm³/mol. The molecule has 2 amide bonds. The highest BCUT2D eigenvalue weighted by Gasteiger charge is 2.32. The second-order valence-electron chi connectivity index (χ2n) is 5.75. The Morgan fingerprint density at radius 2 is 2.09 bits per heavy atom. The van der Waals surface area contributed by atoms with E-state index in [0.29, 0.717) is 4.88 Å². The molecule has 1 aromatic rings. The van der Waals surface area contributed by atoms with Gasteiger partial charge in [0.1, 0.15) is 6.04 Å². The topological polar surface area (TPSA) is 75.4 Å². The van der Waals surface area contributed by atoms with E-state index in [9.17, 15) is 9.59 Å². The van der Waals surface area contributed by atoms with Gasteiger partial charge in [-0.05, 0) is 61.2 Å². The Labute approximate surface area is 155 Å². The van der Waals surface area contributed by atoms with Crippen LogP contribution in [0.3, 0.4) is 0 Å². The molecule has 8 heteroatoms. The Morgan fingerprint density at radius 3 is 2.65 bits per heavy atom. The van der Waals surface area contributed by atoms with Crippen molar-refractivity contribution in [3.8, 4) is 0 Å². The fourth-order valence-corrected chi connectivity index (χ4v) is 4.08. The number of carbonyl (C=O) groups excluding carboxylic acids is 2. The number of thiophene rings is 1. The first-order chi connectivity index (χ1) is 10.4. The number of hydrogen-bond donors (Lipinski definition) is 2. The SMILES string of the molecule is CC(NC(=O)c1ccc(Br)s1)C(=O)N1CCCCC1C(C)N.Cl. The summed E-state index contributed by atoms with van der Waals surface area (Å²) in [7, 11) is 0. The molecule has 1 saturated heterocycles. The van der Waals surface area contributed by atoms with Crippen molar-refractivity contribution in [1.29, 1.82) is 0 Å². The van der Waals surface area contributed by atoms with E-state index in [0.717, 1.165) is 29.6 Å². The number of halogens is 2. The highest BCUT2D eigenvalue weighted by atomic mass is 79.9. The monoisotopic (exact) mass is 423 g/mol. The Balaban J connectivity index is 0.00000264. The lowest BCUT2D eigenvalue weighted by Crippen LogP contribution is -2.56. The molecule has 0 bridgehead atoms. The van der Waals surface area contributed by atoms with Crippen LogP contribution in [0.5, 0.6) is 0 Å². The molecule has 1 aliphatic rings. The summed E-state index contributed by atoms with van der Waals surface area (Å²) < 4.78 is 0.893. The number of likely N-dealkylation sites (tertiary alicyclic amines) is 1. The number of carbonyl (C=O) groups is 2. The van der Waals surface area contributed by atoms with Gasteiger partial charge in [-0.2, -0.15) is 0 Å². The van der Waals surface area contributed by atoms with E-state index in [4.69, 9.17) is 5.73 Å². The summed E-state index contributed by atoms with van der Waals surface area (Å²) in [6.45, 7) is 4.38. The maximum atomic E-state index is 12.6. The highest BCUT2D eigenvalue weighted by Crippen LogP contribution is 2.23. The van der Waals surface area contributed by atoms with E-state index in [1.54, 1.807) is 13.0 Å². The zero-order valence-electron chi connectivity index (χ0n) is 13.3. The van der Waals surface area contributed by atoms with E-state index >= 15 is 0 Å². The minimum atomic E-state index is -0.548. The third-order valence-electron chi connectivity index (χ3n) is 3.95. The normalized spacial score (nSPS) is 20.3. The largest absolute Gasteiger partial charge is 0.340 e. The third-order valence-corrected chi connectivity index (χ3v) is 5.58. The lowest BCUT2D eigenvalue weighted by molar-refractivity contribution is -0.137. The van der Waals surface area contributed by atoms with E-state index in [1.807, 2.05) is 17.9 Å². The summed E-state index contributed by atoms with van der Waals surface area (Å²) in [5, 5.41) is 2.78. The van der Waals surface area contributed by atoms with Crippen molar-refractivity contribution >= 4 is 51.5 Å². The van der Waals surface area contributed by atoms with Gasteiger partial charge in [-0.15, -0.1) is 23.7 Å². The fourth-order valence-electron chi connectivity index (χ4n) is 2.79. The van der Waals surface area contributed by atoms with Gasteiger partial charge in [-0.3, -0.25) is 9.59 Å². The minimum Gasteiger partial charge on any atom is -0.340 e. The number of piperidine rings is 1. The second-order valence-corrected chi connectivity index (χ2v) is 8.22. The molecule has 2 heterocycles. The molecule has 0 radical (unpaired) electrons. The molecule has 3 atom stereocenters. The van der Waals surface area contributed by atoms with Crippen LogP contribution in [0.15, 0.2) is 15.9 Å². The van der Waals surface area contributed by atoms with Gasteiger partial charge in [0.15, 0.2) is 0 Å². The summed E-state index contributed by atoms with van der Waals surface area (Å²) in [4.78, 5) is 27.2. The molecule has 1 aliphatic heterocycles. The molecule has 3 unspecified atom stereocenters. The van der Waals surface area contributed by atoms with E-state index in [-0.39, 0.29) is 36.3 Å². The number of nitrogens with zero attached hydrogens (tertiary/aromatic N) is 1. The average molecular weight is 425 g/mol. The first-order valence-electron chi connectivity index (χ1n) is 7.52. The van der Waals surface area contributed by atoms with Crippen molar-refractivity contribution in [2.45, 2.75) is 51.2 Å². The summed E-state index contributed by atoms with van der Waals surface area (Å²) >= 11 is 4.68. The number of rotatable bonds is 4. The van der Waals surface area contributed by atoms with E-state index in [1.165, 1.54) is 11.3 Å². The van der Waals surface area contributed by atoms with Crippen molar-refractivity contribution in [2.75, 3.05) is 6.54 Å². The molecular weight excluding hydrogens is 402 g/mol. The summed E-state index contributed by atoms with van der Waals surface area (Å²) in [5.41, 5.74) is 6.01. The zero-order valence-corrected chi connectivity index (χ0v) is 16.5. The smallest absolute Gasteiger partial charge is 0.262 e. The van der Waals surface area contributed by atoms with Crippen LogP contribution in [0.1, 0.15) is 42.8 Å². The molecular formula is C15H23BrClN3O2S. The van der Waals surface area contributed by atoms with Crippen LogP contribution < -0.4 is 11.1 Å². The minimum absolute atomic E-state index is 0. The molecule has 0 saturated carbocycles. The molecule has 0 aromatic carbocycles. The van der Waals surface area contributed by atoms with Gasteiger partial charge in [-0.1, -0.05) is 0 Å². The Hall–Kier alpha value is -0.630. The van der Waals surface area contributed by atoms with Gasteiger partial charge in [-0.25, -0.2) is 0 Å². The van der Waals surface area contributed by atoms with Gasteiger partial charge in [0.2, 0.25) is 5.91 Å². The Kier molecular flexibility index (Phi) is 8.00. The maximum absolute atomic E-state index is 12.6. The number of nitrogens with two attached hydrogens (primary N) is 1. The van der Waals surface area contributed by atoms with Crippen molar-refractivity contribution in [3.63, 3.8) is 0 Å². The van der Waals surface area contributed by atoms with Gasteiger partial charge in [0.25, 0.3) is 5.91 Å². The van der Waals surface area contributed by atoms with Crippen molar-refractivity contribution in [3.05, 3.63) is 20.8 Å². The number of nitrogens with one attached hydrogen (secondary N) is 1. The van der Waals surface area contributed by atoms with Gasteiger partial charge < -0.3 is 16.0 Å². The molecule has 130 valence electrons. The summed E-state index contributed by atoms with van der Waals surface area (Å²) in [5.74, 6) is -0.267. The standard InChI is InChI=1S/C15H22BrN3O2S.ClH/c1-9(17)11-5-3-4-8-19(11)15(21)10(2)18-14(20)12-6-7-13(16)22-12;/h6-7,9-11H,3-5,8,17H2,1-2H3,(H,18,20);1H. The second kappa shape index (κ2) is 9.01. The summed E-state index contributed by atoms with van der Waals surface area (Å²) in [6.07, 6.45) is 3.02. The number of hydrogen-bond acceptors (Lipinski definition) is 4. The van der Waals surface area contributed by atoms with Crippen molar-refractivity contribution in [2.24, 2.45) is 5.73 Å². The van der Waals surface area contributed by atoms with Crippen LogP contribution in [0, 0.1) is 0 Å². The van der Waals surface area contributed by atoms with Crippen LogP contribution in [0.25, 0.3) is 0 Å². The lowest BCUT2D eigenvalue weighted by Gasteiger charge is -2.39. The fraction of sp³-hybridized carbons (Fsp3) is 0.600. The lowest BCUT2D eigenvalue weighted by atomic mass is 9.96. The average Bonchev–Trinajstić information content (AvgIpc) is 2.93. The highest BCUT2D eigenvalue weighted by molar-refractivity contribution is 9.11. The molecule has 1 aromatic heterocycles. The molecule has 2 rings (SSSR count). The first kappa shape index (κ1) is 20.4. The zero-order chi connectivity index (χ0) is 16.3. The Morgan fingerprint density at radius 1 is 1.39 bits per heavy atom. The van der Waals surface area contributed by atoms with Crippen LogP contribution in [-0.4, -0.2) is 41.4 Å². The van der Waals surface area contributed by atoms with Crippen molar-refractivity contribution < 1.29 is 9.59 Å². The third kappa shape index (κ3) is 5.17. The van der Waals surface area contributed by atoms with E-state index in [2.05, 4.69) is 21.2 Å². The van der Waals surface area contributed by atoms with Gasteiger partial charge >= 0.3 is 0 Å². The quantitative estimate of drug-likeness (QED) is 0.780. The van der Waals surface area contributed by atoms with Gasteiger partial charge in [0.05, 0.1) is 8.66 Å². The molecule has 1 fully saturated rings. The molecule has 23 heavy (non-hydrogen) atoms. The van der Waals surface area contributed by atoms with Crippen LogP contribution in [0.4, 0.5) is 0 Å². The molecule has 0 spiro atoms.